The standard InChI is InChI=1S/C29H38N2O5/c1-28-14-12-20(31-36-17-25(33)30-26(27(34)35)18-6-4-3-5-7-18)16-19(28)8-9-21-22-10-11-24(32)29(22,2)15-13-23(21)28/h3-7,16,21-24,26,32H,8-15,17H2,1-2H3,(H,30,33)(H,34,35)/t21-,22-,23+,24-,26-,28-,29-/m0/s1. The molecule has 5 rings (SSSR count). The summed E-state index contributed by atoms with van der Waals surface area (Å²) in [5, 5.41) is 26.9. The average molecular weight is 495 g/mol. The maximum absolute atomic E-state index is 12.3. The van der Waals surface area contributed by atoms with E-state index in [4.69, 9.17) is 4.84 Å². The van der Waals surface area contributed by atoms with Gasteiger partial charge < -0.3 is 20.4 Å². The SMILES string of the molecule is C[C@]12CC[C@@H]3[C@@H](CCC4=CC(=NOCC(=O)N[C@H](C(=O)O)c5ccccc5)CC[C@@]43C)[C@@H]1CC[C@@H]2O. The Bertz CT molecular complexity index is 1070. The maximum atomic E-state index is 12.3. The quantitative estimate of drug-likeness (QED) is 0.500. The maximum Gasteiger partial charge on any atom is 0.330 e. The van der Waals surface area contributed by atoms with Gasteiger partial charge in [-0.3, -0.25) is 4.79 Å². The van der Waals surface area contributed by atoms with Crippen LogP contribution in [0, 0.1) is 28.6 Å². The molecule has 3 N–H and O–H groups in total. The van der Waals surface area contributed by atoms with E-state index in [-0.39, 0.29) is 23.5 Å². The largest absolute Gasteiger partial charge is 0.479 e. The number of nitrogens with zero attached hydrogens (tertiary/aromatic N) is 1. The Hall–Kier alpha value is -2.67. The molecule has 7 heteroatoms. The van der Waals surface area contributed by atoms with Crippen molar-refractivity contribution in [3.05, 3.63) is 47.5 Å². The summed E-state index contributed by atoms with van der Waals surface area (Å²) in [6.45, 7) is 4.41. The van der Waals surface area contributed by atoms with E-state index < -0.39 is 17.9 Å². The third-order valence-electron chi connectivity index (χ3n) is 9.99. The Kier molecular flexibility index (Phi) is 6.70. The second kappa shape index (κ2) is 9.66. The van der Waals surface area contributed by atoms with Gasteiger partial charge in [0.25, 0.3) is 5.91 Å². The van der Waals surface area contributed by atoms with Crippen LogP contribution in [0.2, 0.25) is 0 Å². The van der Waals surface area contributed by atoms with E-state index in [2.05, 4.69) is 30.4 Å². The first-order chi connectivity index (χ1) is 17.2. The molecule has 0 aromatic heterocycles. The Morgan fingerprint density at radius 2 is 1.86 bits per heavy atom. The molecule has 1 aromatic carbocycles. The van der Waals surface area contributed by atoms with Crippen molar-refractivity contribution in [3.8, 4) is 0 Å². The summed E-state index contributed by atoms with van der Waals surface area (Å²) < 4.78 is 0. The fourth-order valence-corrected chi connectivity index (χ4v) is 7.93. The third kappa shape index (κ3) is 4.36. The summed E-state index contributed by atoms with van der Waals surface area (Å²) in [6.07, 6.45) is 10.5. The van der Waals surface area contributed by atoms with Crippen LogP contribution in [0.3, 0.4) is 0 Å². The van der Waals surface area contributed by atoms with E-state index in [1.54, 1.807) is 30.3 Å². The van der Waals surface area contributed by atoms with Crippen LogP contribution in [0.25, 0.3) is 0 Å². The lowest BCUT2D eigenvalue weighted by Gasteiger charge is -2.57. The van der Waals surface area contributed by atoms with Gasteiger partial charge >= 0.3 is 5.97 Å². The molecule has 1 aromatic rings. The number of aliphatic hydroxyl groups is 1. The van der Waals surface area contributed by atoms with Crippen molar-refractivity contribution in [1.82, 2.24) is 5.32 Å². The third-order valence-corrected chi connectivity index (χ3v) is 9.99. The van der Waals surface area contributed by atoms with Crippen LogP contribution >= 0.6 is 0 Å². The zero-order valence-corrected chi connectivity index (χ0v) is 21.3. The van der Waals surface area contributed by atoms with Gasteiger partial charge in [-0.25, -0.2) is 4.79 Å². The van der Waals surface area contributed by atoms with Crippen LogP contribution in [0.15, 0.2) is 47.1 Å². The van der Waals surface area contributed by atoms with Crippen LogP contribution in [0.5, 0.6) is 0 Å². The lowest BCUT2D eigenvalue weighted by molar-refractivity contribution is -0.142. The first kappa shape index (κ1) is 25.0. The molecule has 1 amide bonds. The van der Waals surface area contributed by atoms with Crippen LogP contribution in [-0.2, 0) is 14.4 Å². The lowest BCUT2D eigenvalue weighted by atomic mass is 9.47. The average Bonchev–Trinajstić information content (AvgIpc) is 3.17. The number of benzene rings is 1. The van der Waals surface area contributed by atoms with Gasteiger partial charge in [0, 0.05) is 0 Å². The molecule has 36 heavy (non-hydrogen) atoms. The molecule has 0 saturated heterocycles. The number of allylic oxidation sites excluding steroid dienone is 2. The molecule has 0 heterocycles. The molecule has 4 aliphatic rings. The van der Waals surface area contributed by atoms with Gasteiger partial charge in [0.05, 0.1) is 11.8 Å². The summed E-state index contributed by atoms with van der Waals surface area (Å²) in [5.74, 6) is 0.330. The van der Waals surface area contributed by atoms with E-state index >= 15 is 0 Å². The van der Waals surface area contributed by atoms with Gasteiger partial charge in [-0.05, 0) is 91.6 Å². The molecule has 3 saturated carbocycles. The lowest BCUT2D eigenvalue weighted by Crippen LogP contribution is -2.51. The zero-order chi connectivity index (χ0) is 25.5. The highest BCUT2D eigenvalue weighted by Crippen LogP contribution is 2.65. The number of carboxylic acids is 1. The van der Waals surface area contributed by atoms with E-state index in [0.717, 1.165) is 44.2 Å². The summed E-state index contributed by atoms with van der Waals surface area (Å²) in [6, 6.07) is 7.48. The summed E-state index contributed by atoms with van der Waals surface area (Å²) in [7, 11) is 0. The van der Waals surface area contributed by atoms with Gasteiger partial charge in [-0.1, -0.05) is 54.9 Å². The highest BCUT2D eigenvalue weighted by molar-refractivity contribution is 5.96. The van der Waals surface area contributed by atoms with Crippen molar-refractivity contribution in [3.63, 3.8) is 0 Å². The number of nitrogens with one attached hydrogen (secondary N) is 1. The number of fused-ring (bicyclic) bond motifs is 5. The molecule has 0 bridgehead atoms. The number of hydrogen-bond acceptors (Lipinski definition) is 5. The fourth-order valence-electron chi connectivity index (χ4n) is 7.93. The van der Waals surface area contributed by atoms with Gasteiger partial charge in [0.15, 0.2) is 12.6 Å². The van der Waals surface area contributed by atoms with Gasteiger partial charge in [-0.2, -0.15) is 0 Å². The number of rotatable bonds is 6. The van der Waals surface area contributed by atoms with Crippen molar-refractivity contribution in [1.29, 1.82) is 0 Å². The molecule has 0 spiro atoms. The van der Waals surface area contributed by atoms with Crippen LogP contribution in [0.1, 0.15) is 76.8 Å². The summed E-state index contributed by atoms with van der Waals surface area (Å²) >= 11 is 0. The van der Waals surface area contributed by atoms with E-state index in [1.165, 1.54) is 18.4 Å². The van der Waals surface area contributed by atoms with E-state index in [9.17, 15) is 19.8 Å². The molecule has 0 radical (unpaired) electrons. The normalized spacial score (nSPS) is 37.2. The number of hydrogen-bond donors (Lipinski definition) is 3. The topological polar surface area (TPSA) is 108 Å². The van der Waals surface area contributed by atoms with Crippen LogP contribution < -0.4 is 5.32 Å². The first-order valence-electron chi connectivity index (χ1n) is 13.4. The number of aliphatic carboxylic acids is 1. The van der Waals surface area contributed by atoms with Gasteiger partial charge in [0.2, 0.25) is 0 Å². The molecule has 0 aliphatic heterocycles. The predicted octanol–water partition coefficient (Wildman–Crippen LogP) is 4.62. The number of oxime groups is 1. The Morgan fingerprint density at radius 1 is 1.08 bits per heavy atom. The summed E-state index contributed by atoms with van der Waals surface area (Å²) in [4.78, 5) is 29.3. The Balaban J connectivity index is 1.21. The summed E-state index contributed by atoms with van der Waals surface area (Å²) in [5.41, 5.74) is 3.06. The minimum atomic E-state index is -1.12. The number of aliphatic hydroxyl groups excluding tert-OH is 1. The van der Waals surface area contributed by atoms with Crippen molar-refractivity contribution >= 4 is 17.6 Å². The molecular weight excluding hydrogens is 456 g/mol. The highest BCUT2D eigenvalue weighted by atomic mass is 16.6. The van der Waals surface area contributed by atoms with Crippen LogP contribution in [-0.4, -0.2) is 40.5 Å². The molecule has 4 aliphatic carbocycles. The number of carbonyl (C=O) groups is 2. The second-order valence-corrected chi connectivity index (χ2v) is 11.7. The minimum Gasteiger partial charge on any atom is -0.479 e. The monoisotopic (exact) mass is 494 g/mol. The Morgan fingerprint density at radius 3 is 2.61 bits per heavy atom. The number of carboxylic acid groups (broad SMARTS) is 1. The van der Waals surface area contributed by atoms with E-state index in [1.807, 2.05) is 0 Å². The fraction of sp³-hybridized carbons (Fsp3) is 0.621. The minimum absolute atomic E-state index is 0.0919. The van der Waals surface area contributed by atoms with Crippen molar-refractivity contribution in [2.24, 2.45) is 33.7 Å². The smallest absolute Gasteiger partial charge is 0.330 e. The number of carbonyl (C=O) groups excluding carboxylic acids is 1. The predicted molar refractivity (Wildman–Crippen MR) is 136 cm³/mol. The molecule has 194 valence electrons. The van der Waals surface area contributed by atoms with Gasteiger partial charge in [0.1, 0.15) is 0 Å². The highest BCUT2D eigenvalue weighted by Gasteiger charge is 2.58. The van der Waals surface area contributed by atoms with Crippen molar-refractivity contribution in [2.75, 3.05) is 6.61 Å². The first-order valence-corrected chi connectivity index (χ1v) is 13.4. The number of amides is 1. The molecule has 3 fully saturated rings. The second-order valence-electron chi connectivity index (χ2n) is 11.7. The van der Waals surface area contributed by atoms with E-state index in [0.29, 0.717) is 23.3 Å². The van der Waals surface area contributed by atoms with Crippen molar-refractivity contribution < 1.29 is 24.6 Å². The van der Waals surface area contributed by atoms with Gasteiger partial charge in [-0.15, -0.1) is 0 Å². The molecule has 0 unspecified atom stereocenters. The zero-order valence-electron chi connectivity index (χ0n) is 21.3. The molecule has 7 nitrogen and oxygen atoms in total. The Labute approximate surface area is 213 Å². The molecular formula is C29H38N2O5. The van der Waals surface area contributed by atoms with Crippen LogP contribution in [0.4, 0.5) is 0 Å². The van der Waals surface area contributed by atoms with Crippen molar-refractivity contribution in [2.45, 2.75) is 77.4 Å². The molecule has 7 atom stereocenters.